The quantitative estimate of drug-likeness (QED) is 0.684. The SMILES string of the molecule is Cc1ccc(Sc2ccccc2[N+](=O)[O-])c(CN)c1. The van der Waals surface area contributed by atoms with Crippen LogP contribution < -0.4 is 5.73 Å². The molecule has 0 bridgehead atoms. The van der Waals surface area contributed by atoms with Crippen LogP contribution in [-0.4, -0.2) is 4.92 Å². The zero-order valence-electron chi connectivity index (χ0n) is 10.5. The Morgan fingerprint density at radius 2 is 1.95 bits per heavy atom. The van der Waals surface area contributed by atoms with Crippen LogP contribution in [0, 0.1) is 17.0 Å². The molecule has 2 N–H and O–H groups in total. The molecule has 0 amide bonds. The molecule has 2 aromatic rings. The first kappa shape index (κ1) is 13.6. The third kappa shape index (κ3) is 3.13. The summed E-state index contributed by atoms with van der Waals surface area (Å²) in [6.45, 7) is 2.42. The lowest BCUT2D eigenvalue weighted by Gasteiger charge is -2.08. The molecule has 0 heterocycles. The Hall–Kier alpha value is -1.85. The normalized spacial score (nSPS) is 10.4. The molecule has 5 heteroatoms. The Morgan fingerprint density at radius 1 is 1.21 bits per heavy atom. The molecule has 0 aliphatic carbocycles. The van der Waals surface area contributed by atoms with Crippen LogP contribution in [0.25, 0.3) is 0 Å². The van der Waals surface area contributed by atoms with Crippen molar-refractivity contribution >= 4 is 17.4 Å². The standard InChI is InChI=1S/C14H14N2O2S/c1-10-6-7-13(11(8-10)9-15)19-14-5-3-2-4-12(14)16(17)18/h2-8H,9,15H2,1H3. The van der Waals surface area contributed by atoms with E-state index in [4.69, 9.17) is 5.73 Å². The highest BCUT2D eigenvalue weighted by Crippen LogP contribution is 2.36. The maximum absolute atomic E-state index is 11.0. The van der Waals surface area contributed by atoms with Gasteiger partial charge in [0.25, 0.3) is 5.69 Å². The summed E-state index contributed by atoms with van der Waals surface area (Å²) < 4.78 is 0. The topological polar surface area (TPSA) is 69.2 Å². The van der Waals surface area contributed by atoms with E-state index in [-0.39, 0.29) is 10.6 Å². The second-order valence-corrected chi connectivity index (χ2v) is 5.23. The second-order valence-electron chi connectivity index (χ2n) is 4.14. The highest BCUT2D eigenvalue weighted by atomic mass is 32.2. The lowest BCUT2D eigenvalue weighted by atomic mass is 10.1. The van der Waals surface area contributed by atoms with E-state index in [1.54, 1.807) is 18.2 Å². The smallest absolute Gasteiger partial charge is 0.283 e. The lowest BCUT2D eigenvalue weighted by Crippen LogP contribution is -1.99. The van der Waals surface area contributed by atoms with Gasteiger partial charge in [-0.2, -0.15) is 0 Å². The Bertz CT molecular complexity index is 614. The molecule has 0 unspecified atom stereocenters. The average Bonchev–Trinajstić information content (AvgIpc) is 2.41. The molecule has 0 atom stereocenters. The molecule has 0 aliphatic heterocycles. The average molecular weight is 274 g/mol. The highest BCUT2D eigenvalue weighted by Gasteiger charge is 2.14. The summed E-state index contributed by atoms with van der Waals surface area (Å²) >= 11 is 1.38. The van der Waals surface area contributed by atoms with Crippen LogP contribution >= 0.6 is 11.8 Å². The molecular formula is C14H14N2O2S. The summed E-state index contributed by atoms with van der Waals surface area (Å²) in [6.07, 6.45) is 0. The van der Waals surface area contributed by atoms with Gasteiger partial charge in [-0.3, -0.25) is 10.1 Å². The van der Waals surface area contributed by atoms with E-state index in [2.05, 4.69) is 0 Å². The number of hydrogen-bond donors (Lipinski definition) is 1. The van der Waals surface area contributed by atoms with Crippen LogP contribution in [0.1, 0.15) is 11.1 Å². The van der Waals surface area contributed by atoms with Crippen molar-refractivity contribution < 1.29 is 4.92 Å². The summed E-state index contributed by atoms with van der Waals surface area (Å²) in [5, 5.41) is 11.0. The lowest BCUT2D eigenvalue weighted by molar-refractivity contribution is -0.387. The number of nitrogens with zero attached hydrogens (tertiary/aromatic N) is 1. The molecule has 0 fully saturated rings. The highest BCUT2D eigenvalue weighted by molar-refractivity contribution is 7.99. The number of nitro groups is 1. The van der Waals surface area contributed by atoms with Crippen LogP contribution in [0.3, 0.4) is 0 Å². The van der Waals surface area contributed by atoms with Crippen molar-refractivity contribution in [3.8, 4) is 0 Å². The maximum Gasteiger partial charge on any atom is 0.283 e. The van der Waals surface area contributed by atoms with Gasteiger partial charge in [-0.15, -0.1) is 0 Å². The molecule has 19 heavy (non-hydrogen) atoms. The molecule has 0 spiro atoms. The Balaban J connectivity index is 2.39. The fourth-order valence-corrected chi connectivity index (χ4v) is 2.82. The van der Waals surface area contributed by atoms with Gasteiger partial charge < -0.3 is 5.73 Å². The van der Waals surface area contributed by atoms with Gasteiger partial charge in [0.05, 0.1) is 9.82 Å². The minimum atomic E-state index is -0.362. The van der Waals surface area contributed by atoms with Gasteiger partial charge in [0.1, 0.15) is 0 Å². The third-order valence-corrected chi connectivity index (χ3v) is 3.90. The molecule has 2 rings (SSSR count). The first-order valence-electron chi connectivity index (χ1n) is 5.82. The first-order chi connectivity index (χ1) is 9.11. The minimum absolute atomic E-state index is 0.121. The van der Waals surface area contributed by atoms with Crippen LogP contribution in [-0.2, 0) is 6.54 Å². The van der Waals surface area contributed by atoms with Crippen LogP contribution in [0.5, 0.6) is 0 Å². The molecular weight excluding hydrogens is 260 g/mol. The first-order valence-corrected chi connectivity index (χ1v) is 6.64. The van der Waals surface area contributed by atoms with E-state index in [0.29, 0.717) is 11.4 Å². The van der Waals surface area contributed by atoms with Gasteiger partial charge in [-0.25, -0.2) is 0 Å². The molecule has 2 aromatic carbocycles. The number of aryl methyl sites for hydroxylation is 1. The van der Waals surface area contributed by atoms with Crippen molar-refractivity contribution in [1.82, 2.24) is 0 Å². The minimum Gasteiger partial charge on any atom is -0.326 e. The number of nitrogens with two attached hydrogens (primary N) is 1. The molecule has 4 nitrogen and oxygen atoms in total. The third-order valence-electron chi connectivity index (χ3n) is 2.72. The molecule has 98 valence electrons. The van der Waals surface area contributed by atoms with E-state index < -0.39 is 0 Å². The van der Waals surface area contributed by atoms with Gasteiger partial charge in [-0.1, -0.05) is 41.6 Å². The van der Waals surface area contributed by atoms with E-state index in [9.17, 15) is 10.1 Å². The predicted octanol–water partition coefficient (Wildman–Crippen LogP) is 3.51. The largest absolute Gasteiger partial charge is 0.326 e. The summed E-state index contributed by atoms with van der Waals surface area (Å²) in [5.74, 6) is 0. The van der Waals surface area contributed by atoms with E-state index in [0.717, 1.165) is 16.0 Å². The van der Waals surface area contributed by atoms with E-state index in [1.807, 2.05) is 25.1 Å². The monoisotopic (exact) mass is 274 g/mol. The van der Waals surface area contributed by atoms with E-state index in [1.165, 1.54) is 17.8 Å². The Kier molecular flexibility index (Phi) is 4.19. The van der Waals surface area contributed by atoms with Crippen molar-refractivity contribution in [1.29, 1.82) is 0 Å². The molecule has 0 aromatic heterocycles. The summed E-state index contributed by atoms with van der Waals surface area (Å²) in [4.78, 5) is 12.2. The van der Waals surface area contributed by atoms with Gasteiger partial charge in [-0.05, 0) is 24.6 Å². The summed E-state index contributed by atoms with van der Waals surface area (Å²) in [7, 11) is 0. The number of para-hydroxylation sites is 1. The van der Waals surface area contributed by atoms with Crippen LogP contribution in [0.4, 0.5) is 5.69 Å². The zero-order chi connectivity index (χ0) is 13.8. The zero-order valence-corrected chi connectivity index (χ0v) is 11.3. The van der Waals surface area contributed by atoms with Crippen molar-refractivity contribution in [3.05, 3.63) is 63.7 Å². The number of hydrogen-bond acceptors (Lipinski definition) is 4. The summed E-state index contributed by atoms with van der Waals surface area (Å²) in [6, 6.07) is 12.7. The molecule has 0 aliphatic rings. The fraction of sp³-hybridized carbons (Fsp3) is 0.143. The van der Waals surface area contributed by atoms with E-state index >= 15 is 0 Å². The molecule has 0 radical (unpaired) electrons. The van der Waals surface area contributed by atoms with Crippen LogP contribution in [0.15, 0.2) is 52.3 Å². The van der Waals surface area contributed by atoms with Gasteiger partial charge in [0, 0.05) is 17.5 Å². The van der Waals surface area contributed by atoms with Crippen molar-refractivity contribution in [2.75, 3.05) is 0 Å². The fourth-order valence-electron chi connectivity index (χ4n) is 1.78. The van der Waals surface area contributed by atoms with Crippen LogP contribution in [0.2, 0.25) is 0 Å². The number of benzene rings is 2. The van der Waals surface area contributed by atoms with Gasteiger partial charge in [0.2, 0.25) is 0 Å². The summed E-state index contributed by atoms with van der Waals surface area (Å²) in [5.41, 5.74) is 7.98. The number of rotatable bonds is 4. The van der Waals surface area contributed by atoms with Crippen molar-refractivity contribution in [3.63, 3.8) is 0 Å². The van der Waals surface area contributed by atoms with Crippen molar-refractivity contribution in [2.24, 2.45) is 5.73 Å². The molecule has 0 saturated heterocycles. The van der Waals surface area contributed by atoms with Crippen molar-refractivity contribution in [2.45, 2.75) is 23.3 Å². The van der Waals surface area contributed by atoms with Gasteiger partial charge >= 0.3 is 0 Å². The number of nitro benzene ring substituents is 1. The van der Waals surface area contributed by atoms with Gasteiger partial charge in [0.15, 0.2) is 0 Å². The second kappa shape index (κ2) is 5.86. The predicted molar refractivity (Wildman–Crippen MR) is 76.3 cm³/mol. The Morgan fingerprint density at radius 3 is 2.63 bits per heavy atom. The Labute approximate surface area is 115 Å². The maximum atomic E-state index is 11.0. The molecule has 0 saturated carbocycles.